The van der Waals surface area contributed by atoms with Crippen LogP contribution in [0.1, 0.15) is 20.3 Å². The molecule has 0 aromatic rings. The molecule has 106 valence electrons. The Balaban J connectivity index is 4.27. The quantitative estimate of drug-likeness (QED) is 0.582. The topological polar surface area (TPSA) is 102 Å². The van der Waals surface area contributed by atoms with Crippen LogP contribution in [0.3, 0.4) is 0 Å². The average molecular weight is 268 g/mol. The van der Waals surface area contributed by atoms with Gasteiger partial charge in [-0.3, -0.25) is 4.79 Å². The zero-order valence-electron chi connectivity index (χ0n) is 10.2. The molecule has 0 aliphatic heterocycles. The van der Waals surface area contributed by atoms with Crippen molar-refractivity contribution in [2.24, 2.45) is 11.7 Å². The number of carboxylic acids is 1. The Morgan fingerprint density at radius 3 is 2.33 bits per heavy atom. The number of nitrogens with one attached hydrogen (secondary N) is 1. The minimum absolute atomic E-state index is 0.0555. The van der Waals surface area contributed by atoms with Crippen molar-refractivity contribution in [1.82, 2.24) is 5.32 Å². The summed E-state index contributed by atoms with van der Waals surface area (Å²) in [7, 11) is 0. The number of rotatable bonds is 8. The number of amides is 1. The number of hydrogen-bond donors (Lipinski definition) is 3. The lowest BCUT2D eigenvalue weighted by Crippen LogP contribution is -2.50. The van der Waals surface area contributed by atoms with Crippen molar-refractivity contribution in [3.8, 4) is 0 Å². The number of hydrogen-bond acceptors (Lipinski definition) is 4. The monoisotopic (exact) mass is 268 g/mol. The maximum absolute atomic E-state index is 11.7. The van der Waals surface area contributed by atoms with Crippen LogP contribution in [0, 0.1) is 5.92 Å². The zero-order chi connectivity index (χ0) is 14.3. The molecule has 0 saturated heterocycles. The van der Waals surface area contributed by atoms with Gasteiger partial charge in [-0.05, 0) is 12.3 Å². The largest absolute Gasteiger partial charge is 0.480 e. The van der Waals surface area contributed by atoms with Gasteiger partial charge in [0, 0.05) is 0 Å². The molecule has 0 heterocycles. The third-order valence-electron chi connectivity index (χ3n) is 2.06. The molecule has 0 aromatic carbocycles. The minimum atomic E-state index is -3.02. The lowest BCUT2D eigenvalue weighted by atomic mass is 10.0. The number of halogens is 2. The van der Waals surface area contributed by atoms with Crippen molar-refractivity contribution >= 4 is 11.9 Å². The van der Waals surface area contributed by atoms with Crippen LogP contribution in [-0.4, -0.2) is 42.3 Å². The maximum Gasteiger partial charge on any atom is 0.345 e. The van der Waals surface area contributed by atoms with Crippen LogP contribution in [0.2, 0.25) is 0 Å². The molecule has 0 aliphatic rings. The summed E-state index contributed by atoms with van der Waals surface area (Å²) in [5.74, 6) is -1.97. The van der Waals surface area contributed by atoms with E-state index in [1.807, 2.05) is 0 Å². The number of alkyl halides is 2. The molecule has 0 rings (SSSR count). The van der Waals surface area contributed by atoms with Crippen LogP contribution in [0.25, 0.3) is 0 Å². The second-order valence-corrected chi connectivity index (χ2v) is 4.23. The van der Waals surface area contributed by atoms with Crippen molar-refractivity contribution in [2.75, 3.05) is 6.61 Å². The summed E-state index contributed by atoms with van der Waals surface area (Å²) >= 11 is 0. The van der Waals surface area contributed by atoms with Crippen LogP contribution < -0.4 is 11.1 Å². The Morgan fingerprint density at radius 2 is 1.94 bits per heavy atom. The third-order valence-corrected chi connectivity index (χ3v) is 2.06. The molecule has 1 amide bonds. The molecular weight excluding hydrogens is 250 g/mol. The first kappa shape index (κ1) is 16.7. The van der Waals surface area contributed by atoms with Crippen LogP contribution in [0.5, 0.6) is 0 Å². The van der Waals surface area contributed by atoms with E-state index in [-0.39, 0.29) is 12.3 Å². The van der Waals surface area contributed by atoms with Gasteiger partial charge in [0.05, 0.1) is 6.61 Å². The molecule has 0 aliphatic carbocycles. The Morgan fingerprint density at radius 1 is 1.39 bits per heavy atom. The summed E-state index contributed by atoms with van der Waals surface area (Å²) in [5.41, 5.74) is 5.28. The molecule has 2 atom stereocenters. The van der Waals surface area contributed by atoms with Crippen molar-refractivity contribution in [3.63, 3.8) is 0 Å². The van der Waals surface area contributed by atoms with Gasteiger partial charge in [-0.25, -0.2) is 4.79 Å². The van der Waals surface area contributed by atoms with Gasteiger partial charge in [-0.2, -0.15) is 8.78 Å². The highest BCUT2D eigenvalue weighted by Crippen LogP contribution is 2.05. The fourth-order valence-corrected chi connectivity index (χ4v) is 1.22. The maximum atomic E-state index is 11.7. The van der Waals surface area contributed by atoms with Gasteiger partial charge < -0.3 is 20.9 Å². The van der Waals surface area contributed by atoms with Crippen molar-refractivity contribution in [3.05, 3.63) is 0 Å². The van der Waals surface area contributed by atoms with Crippen molar-refractivity contribution in [1.29, 1.82) is 0 Å². The Labute approximate surface area is 103 Å². The molecule has 0 radical (unpaired) electrons. The number of aliphatic carboxylic acids is 1. The summed E-state index contributed by atoms with van der Waals surface area (Å²) in [5, 5.41) is 11.0. The van der Waals surface area contributed by atoms with E-state index < -0.39 is 37.2 Å². The van der Waals surface area contributed by atoms with E-state index in [1.165, 1.54) is 0 Å². The predicted octanol–water partition coefficient (Wildman–Crippen LogP) is 0.168. The van der Waals surface area contributed by atoms with Crippen molar-refractivity contribution in [2.45, 2.75) is 39.0 Å². The second-order valence-electron chi connectivity index (χ2n) is 4.23. The molecule has 0 unspecified atom stereocenters. The van der Waals surface area contributed by atoms with E-state index in [2.05, 4.69) is 10.1 Å². The van der Waals surface area contributed by atoms with Crippen LogP contribution in [0.15, 0.2) is 0 Å². The fraction of sp³-hybridized carbons (Fsp3) is 0.800. The highest BCUT2D eigenvalue weighted by atomic mass is 19.3. The number of carbonyl (C=O) groups is 2. The van der Waals surface area contributed by atoms with Crippen LogP contribution in [-0.2, 0) is 14.3 Å². The lowest BCUT2D eigenvalue weighted by molar-refractivity contribution is -0.147. The van der Waals surface area contributed by atoms with Crippen LogP contribution in [0.4, 0.5) is 8.78 Å². The molecule has 0 bridgehead atoms. The summed E-state index contributed by atoms with van der Waals surface area (Å²) in [6, 6.07) is -2.41. The van der Waals surface area contributed by atoms with Gasteiger partial charge in [-0.15, -0.1) is 0 Å². The molecule has 0 saturated carbocycles. The Kier molecular flexibility index (Phi) is 7.37. The Hall–Kier alpha value is -1.28. The number of carbonyl (C=O) groups excluding carboxylic acids is 1. The van der Waals surface area contributed by atoms with E-state index in [9.17, 15) is 18.4 Å². The smallest absolute Gasteiger partial charge is 0.345 e. The minimum Gasteiger partial charge on any atom is -0.480 e. The number of carboxylic acid groups (broad SMARTS) is 1. The zero-order valence-corrected chi connectivity index (χ0v) is 10.2. The second kappa shape index (κ2) is 7.93. The fourth-order valence-electron chi connectivity index (χ4n) is 1.22. The van der Waals surface area contributed by atoms with Crippen LogP contribution >= 0.6 is 0 Å². The predicted molar refractivity (Wildman–Crippen MR) is 59.0 cm³/mol. The first-order valence-corrected chi connectivity index (χ1v) is 5.42. The summed E-state index contributed by atoms with van der Waals surface area (Å²) < 4.78 is 27.3. The van der Waals surface area contributed by atoms with E-state index in [4.69, 9.17) is 10.8 Å². The lowest BCUT2D eigenvalue weighted by Gasteiger charge is -2.19. The number of ether oxygens (including phenoxy) is 1. The molecule has 0 aromatic heterocycles. The van der Waals surface area contributed by atoms with E-state index in [1.54, 1.807) is 13.8 Å². The molecule has 18 heavy (non-hydrogen) atoms. The molecule has 0 fully saturated rings. The Bertz CT molecular complexity index is 287. The molecule has 6 nitrogen and oxygen atoms in total. The highest BCUT2D eigenvalue weighted by molar-refractivity contribution is 5.86. The first-order valence-electron chi connectivity index (χ1n) is 5.42. The highest BCUT2D eigenvalue weighted by Gasteiger charge is 2.24. The third kappa shape index (κ3) is 7.13. The van der Waals surface area contributed by atoms with Gasteiger partial charge in [0.25, 0.3) is 0 Å². The van der Waals surface area contributed by atoms with Gasteiger partial charge in [0.1, 0.15) is 12.1 Å². The summed E-state index contributed by atoms with van der Waals surface area (Å²) in [6.45, 7) is -0.101. The molecule has 0 spiro atoms. The summed E-state index contributed by atoms with van der Waals surface area (Å²) in [6.07, 6.45) is 0.226. The van der Waals surface area contributed by atoms with E-state index >= 15 is 0 Å². The molecular formula is C10H18F2N2O4. The normalized spacial score (nSPS) is 14.6. The average Bonchev–Trinajstić information content (AvgIpc) is 2.23. The van der Waals surface area contributed by atoms with Gasteiger partial charge in [0.15, 0.2) is 0 Å². The van der Waals surface area contributed by atoms with Crippen molar-refractivity contribution < 1.29 is 28.2 Å². The first-order chi connectivity index (χ1) is 8.23. The van der Waals surface area contributed by atoms with Gasteiger partial charge in [0.2, 0.25) is 5.91 Å². The standard InChI is InChI=1S/C10H18F2N2O4/c1-5(2)3-7(9(16)17)14-8(15)6(13)4-18-10(11)12/h5-7,10H,3-4,13H2,1-2H3,(H,14,15)(H,16,17)/t6-,7-/m0/s1. The molecule has 8 heteroatoms. The van der Waals surface area contributed by atoms with E-state index in [0.717, 1.165) is 0 Å². The molecule has 4 N–H and O–H groups in total. The van der Waals surface area contributed by atoms with E-state index in [0.29, 0.717) is 0 Å². The van der Waals surface area contributed by atoms with Gasteiger partial charge >= 0.3 is 12.6 Å². The number of nitrogens with two attached hydrogens (primary N) is 1. The SMILES string of the molecule is CC(C)C[C@H](NC(=O)[C@@H](N)COC(F)F)C(=O)O. The van der Waals surface area contributed by atoms with Gasteiger partial charge in [-0.1, -0.05) is 13.8 Å². The summed E-state index contributed by atoms with van der Waals surface area (Å²) in [4.78, 5) is 22.3.